The van der Waals surface area contributed by atoms with Gasteiger partial charge in [0.2, 0.25) is 0 Å². The van der Waals surface area contributed by atoms with Crippen molar-refractivity contribution in [1.82, 2.24) is 14.5 Å². The number of aromatic nitrogens is 3. The molecule has 0 bridgehead atoms. The highest BCUT2D eigenvalue weighted by molar-refractivity contribution is 8.00. The molecule has 2 rings (SSSR count). The molecule has 0 aliphatic rings. The smallest absolute Gasteiger partial charge is 0.319 e. The summed E-state index contributed by atoms with van der Waals surface area (Å²) < 4.78 is 6.91. The molecule has 0 fully saturated rings. The first-order chi connectivity index (χ1) is 10.7. The fourth-order valence-electron chi connectivity index (χ4n) is 1.92. The summed E-state index contributed by atoms with van der Waals surface area (Å²) in [5.41, 5.74) is 1.75. The van der Waals surface area contributed by atoms with E-state index in [0.717, 1.165) is 5.56 Å². The van der Waals surface area contributed by atoms with Crippen molar-refractivity contribution < 1.29 is 14.6 Å². The summed E-state index contributed by atoms with van der Waals surface area (Å²) in [6, 6.07) is 3.81. The highest BCUT2D eigenvalue weighted by Gasteiger charge is 2.20. The van der Waals surface area contributed by atoms with E-state index in [1.807, 2.05) is 16.7 Å². The molecule has 0 radical (unpaired) electrons. The molecule has 2 aromatic heterocycles. The van der Waals surface area contributed by atoms with Crippen molar-refractivity contribution in [2.45, 2.75) is 37.4 Å². The zero-order valence-corrected chi connectivity index (χ0v) is 13.4. The summed E-state index contributed by atoms with van der Waals surface area (Å²) in [7, 11) is 0. The van der Waals surface area contributed by atoms with Crippen LogP contribution < -0.4 is 0 Å². The van der Waals surface area contributed by atoms with Gasteiger partial charge in [0.15, 0.2) is 5.16 Å². The van der Waals surface area contributed by atoms with E-state index in [9.17, 15) is 9.90 Å². The van der Waals surface area contributed by atoms with Gasteiger partial charge in [-0.25, -0.2) is 4.98 Å². The molecule has 0 saturated heterocycles. The lowest BCUT2D eigenvalue weighted by Crippen LogP contribution is -2.18. The molecule has 118 valence electrons. The van der Waals surface area contributed by atoms with E-state index in [0.29, 0.717) is 24.0 Å². The molecule has 0 aliphatic carbocycles. The Bertz CT molecular complexity index is 616. The lowest BCUT2D eigenvalue weighted by Gasteiger charge is -2.13. The largest absolute Gasteiger partial charge is 0.465 e. The first kappa shape index (κ1) is 16.5. The number of pyridine rings is 1. The monoisotopic (exact) mass is 321 g/mol. The standard InChI is InChI=1S/C15H19N3O3S/c1-3-21-14(20)11(2)22-15-17-8-13(10-19)18(15)9-12-4-6-16-7-5-12/h4-8,11,19H,3,9-10H2,1-2H3. The van der Waals surface area contributed by atoms with Gasteiger partial charge in [-0.15, -0.1) is 0 Å². The normalized spacial score (nSPS) is 12.1. The second-order valence-electron chi connectivity index (χ2n) is 4.64. The molecule has 0 aromatic carbocycles. The van der Waals surface area contributed by atoms with Crippen LogP contribution in [0.25, 0.3) is 0 Å². The molecule has 0 saturated carbocycles. The third-order valence-corrected chi connectivity index (χ3v) is 4.14. The summed E-state index contributed by atoms with van der Waals surface area (Å²) in [4.78, 5) is 20.1. The van der Waals surface area contributed by atoms with Gasteiger partial charge in [-0.05, 0) is 31.5 Å². The van der Waals surface area contributed by atoms with Gasteiger partial charge < -0.3 is 14.4 Å². The van der Waals surface area contributed by atoms with Crippen molar-refractivity contribution in [3.63, 3.8) is 0 Å². The average Bonchev–Trinajstić information content (AvgIpc) is 2.90. The average molecular weight is 321 g/mol. The summed E-state index contributed by atoms with van der Waals surface area (Å²) in [5.74, 6) is -0.267. The van der Waals surface area contributed by atoms with E-state index < -0.39 is 0 Å². The van der Waals surface area contributed by atoms with Gasteiger partial charge in [-0.3, -0.25) is 9.78 Å². The molecular weight excluding hydrogens is 302 g/mol. The van der Waals surface area contributed by atoms with E-state index in [2.05, 4.69) is 9.97 Å². The van der Waals surface area contributed by atoms with E-state index in [-0.39, 0.29) is 17.8 Å². The number of esters is 1. The van der Waals surface area contributed by atoms with Gasteiger partial charge in [0.1, 0.15) is 5.25 Å². The quantitative estimate of drug-likeness (QED) is 0.619. The maximum Gasteiger partial charge on any atom is 0.319 e. The lowest BCUT2D eigenvalue weighted by atomic mass is 10.2. The van der Waals surface area contributed by atoms with E-state index in [1.54, 1.807) is 32.4 Å². The second-order valence-corrected chi connectivity index (χ2v) is 5.95. The van der Waals surface area contributed by atoms with Gasteiger partial charge in [0.25, 0.3) is 0 Å². The Morgan fingerprint density at radius 3 is 2.82 bits per heavy atom. The minimum absolute atomic E-state index is 0.105. The molecule has 0 aliphatic heterocycles. The summed E-state index contributed by atoms with van der Waals surface area (Å²) in [5, 5.41) is 9.79. The molecule has 6 nitrogen and oxygen atoms in total. The predicted octanol–water partition coefficient (Wildman–Crippen LogP) is 1.86. The van der Waals surface area contributed by atoms with Crippen molar-refractivity contribution in [3.8, 4) is 0 Å². The summed E-state index contributed by atoms with van der Waals surface area (Å²) in [6.45, 7) is 4.38. The number of aliphatic hydroxyl groups excluding tert-OH is 1. The number of carbonyl (C=O) groups is 1. The van der Waals surface area contributed by atoms with Crippen LogP contribution in [0.4, 0.5) is 0 Å². The predicted molar refractivity (Wildman–Crippen MR) is 83.4 cm³/mol. The van der Waals surface area contributed by atoms with Crippen LogP contribution in [0, 0.1) is 0 Å². The van der Waals surface area contributed by atoms with Gasteiger partial charge in [0, 0.05) is 12.4 Å². The van der Waals surface area contributed by atoms with Crippen LogP contribution in [-0.2, 0) is 22.7 Å². The highest BCUT2D eigenvalue weighted by Crippen LogP contribution is 2.25. The van der Waals surface area contributed by atoms with Crippen LogP contribution in [0.5, 0.6) is 0 Å². The van der Waals surface area contributed by atoms with Crippen molar-refractivity contribution in [2.24, 2.45) is 0 Å². The Morgan fingerprint density at radius 2 is 2.18 bits per heavy atom. The molecular formula is C15H19N3O3S. The van der Waals surface area contributed by atoms with Crippen LogP contribution in [0.3, 0.4) is 0 Å². The number of ether oxygens (including phenoxy) is 1. The van der Waals surface area contributed by atoms with Crippen molar-refractivity contribution >= 4 is 17.7 Å². The van der Waals surface area contributed by atoms with Gasteiger partial charge in [-0.2, -0.15) is 0 Å². The van der Waals surface area contributed by atoms with E-state index in [4.69, 9.17) is 4.74 Å². The Kier molecular flexibility index (Phi) is 5.97. The van der Waals surface area contributed by atoms with Crippen LogP contribution >= 0.6 is 11.8 Å². The number of hydrogen-bond donors (Lipinski definition) is 1. The zero-order chi connectivity index (χ0) is 15.9. The summed E-state index contributed by atoms with van der Waals surface area (Å²) >= 11 is 1.32. The number of nitrogens with zero attached hydrogens (tertiary/aromatic N) is 3. The number of thioether (sulfide) groups is 1. The minimum atomic E-state index is -0.356. The Hall–Kier alpha value is -1.86. The van der Waals surface area contributed by atoms with Crippen LogP contribution in [0.1, 0.15) is 25.1 Å². The first-order valence-electron chi connectivity index (χ1n) is 7.03. The maximum absolute atomic E-state index is 11.8. The van der Waals surface area contributed by atoms with Crippen molar-refractivity contribution in [2.75, 3.05) is 6.61 Å². The van der Waals surface area contributed by atoms with E-state index >= 15 is 0 Å². The molecule has 0 spiro atoms. The topological polar surface area (TPSA) is 77.2 Å². The number of imidazole rings is 1. The Balaban J connectivity index is 2.18. The first-order valence-corrected chi connectivity index (χ1v) is 7.91. The van der Waals surface area contributed by atoms with Gasteiger partial charge >= 0.3 is 5.97 Å². The van der Waals surface area contributed by atoms with Crippen molar-refractivity contribution in [1.29, 1.82) is 0 Å². The molecule has 0 amide bonds. The molecule has 2 aromatic rings. The number of hydrogen-bond acceptors (Lipinski definition) is 6. The van der Waals surface area contributed by atoms with Crippen LogP contribution in [0.2, 0.25) is 0 Å². The third kappa shape index (κ3) is 4.08. The molecule has 22 heavy (non-hydrogen) atoms. The van der Waals surface area contributed by atoms with Crippen LogP contribution in [-0.4, -0.2) is 37.5 Å². The minimum Gasteiger partial charge on any atom is -0.465 e. The molecule has 7 heteroatoms. The van der Waals surface area contributed by atoms with E-state index in [1.165, 1.54) is 11.8 Å². The number of rotatable bonds is 7. The SMILES string of the molecule is CCOC(=O)C(C)Sc1ncc(CO)n1Cc1ccncc1. The number of aliphatic hydroxyl groups is 1. The Morgan fingerprint density at radius 1 is 1.45 bits per heavy atom. The summed E-state index contributed by atoms with van der Waals surface area (Å²) in [6.07, 6.45) is 5.07. The van der Waals surface area contributed by atoms with Crippen LogP contribution in [0.15, 0.2) is 35.9 Å². The molecule has 1 N–H and O–H groups in total. The highest BCUT2D eigenvalue weighted by atomic mass is 32.2. The van der Waals surface area contributed by atoms with Gasteiger partial charge in [0.05, 0.1) is 31.6 Å². The molecule has 2 heterocycles. The fourth-order valence-corrected chi connectivity index (χ4v) is 2.82. The fraction of sp³-hybridized carbons (Fsp3) is 0.400. The second kappa shape index (κ2) is 7.95. The Labute approximate surface area is 133 Å². The molecule has 1 atom stereocenters. The maximum atomic E-state index is 11.8. The third-order valence-electron chi connectivity index (χ3n) is 3.05. The van der Waals surface area contributed by atoms with Gasteiger partial charge in [-0.1, -0.05) is 11.8 Å². The zero-order valence-electron chi connectivity index (χ0n) is 12.6. The van der Waals surface area contributed by atoms with Crippen molar-refractivity contribution in [3.05, 3.63) is 42.0 Å². The number of carbonyl (C=O) groups excluding carboxylic acids is 1. The molecule has 1 unspecified atom stereocenters. The lowest BCUT2D eigenvalue weighted by molar-refractivity contribution is -0.142.